The van der Waals surface area contributed by atoms with Crippen LogP contribution in [-0.2, 0) is 19.2 Å². The van der Waals surface area contributed by atoms with Gasteiger partial charge in [-0.05, 0) is 44.9 Å². The first-order chi connectivity index (χ1) is 16.7. The van der Waals surface area contributed by atoms with Crippen LogP contribution in [0.25, 0.3) is 0 Å². The van der Waals surface area contributed by atoms with E-state index in [1.165, 1.54) is 0 Å². The molecule has 0 saturated heterocycles. The van der Waals surface area contributed by atoms with Crippen LogP contribution in [0, 0.1) is 42.9 Å². The summed E-state index contributed by atoms with van der Waals surface area (Å²) in [6.07, 6.45) is 18.1. The second-order valence-corrected chi connectivity index (χ2v) is 8.72. The first kappa shape index (κ1) is 29.6. The molecule has 0 heterocycles. The topological polar surface area (TPSA) is 137 Å². The molecule has 0 aromatic rings. The maximum absolute atomic E-state index is 13.2. The number of hydrogen-bond donors (Lipinski definition) is 5. The lowest BCUT2D eigenvalue weighted by molar-refractivity contribution is -0.131. The van der Waals surface area contributed by atoms with E-state index in [1.807, 2.05) is 0 Å². The Morgan fingerprint density at radius 2 is 1.09 bits per heavy atom. The van der Waals surface area contributed by atoms with E-state index in [-0.39, 0.29) is 87.7 Å². The molecule has 0 aromatic carbocycles. The van der Waals surface area contributed by atoms with Crippen molar-refractivity contribution in [3.8, 4) is 37.0 Å². The molecular formula is C26H36N4O5. The molecule has 9 heteroatoms. The van der Waals surface area contributed by atoms with Crippen LogP contribution >= 0.6 is 0 Å². The van der Waals surface area contributed by atoms with Crippen LogP contribution in [-0.4, -0.2) is 60.0 Å². The molecule has 0 unspecified atom stereocenters. The van der Waals surface area contributed by atoms with Crippen LogP contribution in [0.3, 0.4) is 0 Å². The van der Waals surface area contributed by atoms with Crippen molar-refractivity contribution in [1.82, 2.24) is 21.3 Å². The zero-order valence-electron chi connectivity index (χ0n) is 20.2. The van der Waals surface area contributed by atoms with Crippen LogP contribution in [0.2, 0.25) is 0 Å². The van der Waals surface area contributed by atoms with Gasteiger partial charge in [0.05, 0.1) is 25.7 Å². The molecule has 0 spiro atoms. The van der Waals surface area contributed by atoms with Crippen LogP contribution < -0.4 is 21.3 Å². The maximum atomic E-state index is 13.2. The van der Waals surface area contributed by atoms with Crippen molar-refractivity contribution >= 4 is 23.6 Å². The van der Waals surface area contributed by atoms with Crippen molar-refractivity contribution in [3.63, 3.8) is 0 Å². The van der Waals surface area contributed by atoms with Gasteiger partial charge in [0.2, 0.25) is 23.6 Å². The number of rotatable bonds is 14. The highest BCUT2D eigenvalue weighted by molar-refractivity contribution is 5.81. The smallest absolute Gasteiger partial charge is 0.223 e. The number of carbonyl (C=O) groups excluding carboxylic acids is 4. The fourth-order valence-electron chi connectivity index (χ4n) is 4.04. The molecule has 0 radical (unpaired) electrons. The predicted octanol–water partition coefficient (Wildman–Crippen LogP) is -0.0187. The number of aliphatic hydroxyl groups is 1. The van der Waals surface area contributed by atoms with Crippen LogP contribution in [0.5, 0.6) is 0 Å². The maximum Gasteiger partial charge on any atom is 0.223 e. The highest BCUT2D eigenvalue weighted by Crippen LogP contribution is 2.30. The number of nitrogens with one attached hydrogen (secondary N) is 4. The molecule has 0 aliphatic heterocycles. The van der Waals surface area contributed by atoms with Crippen molar-refractivity contribution in [2.24, 2.45) is 5.92 Å². The van der Waals surface area contributed by atoms with Gasteiger partial charge in [-0.25, -0.2) is 0 Å². The minimum absolute atomic E-state index is 0.0449. The van der Waals surface area contributed by atoms with E-state index in [9.17, 15) is 24.3 Å². The Hall–Kier alpha value is -3.48. The van der Waals surface area contributed by atoms with Crippen molar-refractivity contribution in [2.45, 2.75) is 75.9 Å². The van der Waals surface area contributed by atoms with E-state index in [0.717, 1.165) is 0 Å². The van der Waals surface area contributed by atoms with Crippen LogP contribution in [0.1, 0.15) is 64.2 Å². The SMILES string of the molecule is C#CCNC(=O)CCC(CCC(=O)NCC#C)(CCC(=O)NCC#C)NC(=O)[C@H]1CC[C@H](O)CC1. The summed E-state index contributed by atoms with van der Waals surface area (Å²) in [5.74, 6) is 5.61. The van der Waals surface area contributed by atoms with Gasteiger partial charge in [-0.2, -0.15) is 0 Å². The van der Waals surface area contributed by atoms with E-state index in [2.05, 4.69) is 39.0 Å². The zero-order chi connectivity index (χ0) is 26.1. The highest BCUT2D eigenvalue weighted by atomic mass is 16.3. The molecule has 0 bridgehead atoms. The average molecular weight is 485 g/mol. The van der Waals surface area contributed by atoms with E-state index in [0.29, 0.717) is 25.7 Å². The Bertz CT molecular complexity index is 773. The van der Waals surface area contributed by atoms with E-state index >= 15 is 0 Å². The molecule has 4 amide bonds. The molecule has 1 fully saturated rings. The molecule has 0 aromatic heterocycles. The third-order valence-corrected chi connectivity index (χ3v) is 6.11. The predicted molar refractivity (Wildman–Crippen MR) is 132 cm³/mol. The number of hydrogen-bond acceptors (Lipinski definition) is 5. The van der Waals surface area contributed by atoms with Crippen LogP contribution in [0.4, 0.5) is 0 Å². The molecule has 1 saturated carbocycles. The summed E-state index contributed by atoms with van der Waals surface area (Å²) >= 11 is 0. The molecule has 1 aliphatic carbocycles. The molecule has 5 N–H and O–H groups in total. The summed E-state index contributed by atoms with van der Waals surface area (Å²) < 4.78 is 0. The summed E-state index contributed by atoms with van der Waals surface area (Å²) in [6, 6.07) is 0. The van der Waals surface area contributed by atoms with Gasteiger partial charge in [0.1, 0.15) is 0 Å². The Kier molecular flexibility index (Phi) is 13.7. The Morgan fingerprint density at radius 3 is 1.43 bits per heavy atom. The van der Waals surface area contributed by atoms with E-state index in [1.54, 1.807) is 0 Å². The summed E-state index contributed by atoms with van der Waals surface area (Å²) in [5.41, 5.74) is -0.998. The number of aliphatic hydroxyl groups excluding tert-OH is 1. The first-order valence-electron chi connectivity index (χ1n) is 11.9. The largest absolute Gasteiger partial charge is 0.393 e. The molecule has 1 aliphatic rings. The van der Waals surface area contributed by atoms with Crippen molar-refractivity contribution < 1.29 is 24.3 Å². The molecular weight excluding hydrogens is 448 g/mol. The quantitative estimate of drug-likeness (QED) is 0.221. The Morgan fingerprint density at radius 1 is 0.714 bits per heavy atom. The Labute approximate surface area is 207 Å². The second kappa shape index (κ2) is 16.2. The molecule has 1 rings (SSSR count). The monoisotopic (exact) mass is 484 g/mol. The Balaban J connectivity index is 3.07. The molecule has 9 nitrogen and oxygen atoms in total. The van der Waals surface area contributed by atoms with Gasteiger partial charge in [-0.15, -0.1) is 19.3 Å². The lowest BCUT2D eigenvalue weighted by atomic mass is 9.81. The fraction of sp³-hybridized carbons (Fsp3) is 0.615. The van der Waals surface area contributed by atoms with E-state index in [4.69, 9.17) is 19.3 Å². The lowest BCUT2D eigenvalue weighted by Crippen LogP contribution is -2.52. The van der Waals surface area contributed by atoms with Gasteiger partial charge in [0.25, 0.3) is 0 Å². The average Bonchev–Trinajstić information content (AvgIpc) is 2.85. The normalized spacial score (nSPS) is 17.1. The van der Waals surface area contributed by atoms with E-state index < -0.39 is 11.6 Å². The number of amides is 4. The van der Waals surface area contributed by atoms with Gasteiger partial charge in [0.15, 0.2) is 0 Å². The third-order valence-electron chi connectivity index (χ3n) is 6.11. The van der Waals surface area contributed by atoms with Crippen molar-refractivity contribution in [1.29, 1.82) is 0 Å². The van der Waals surface area contributed by atoms with Gasteiger partial charge in [-0.1, -0.05) is 17.8 Å². The minimum Gasteiger partial charge on any atom is -0.393 e. The number of terminal acetylenes is 3. The van der Waals surface area contributed by atoms with Gasteiger partial charge in [-0.3, -0.25) is 19.2 Å². The first-order valence-corrected chi connectivity index (χ1v) is 11.9. The van der Waals surface area contributed by atoms with Gasteiger partial charge < -0.3 is 26.4 Å². The fourth-order valence-corrected chi connectivity index (χ4v) is 4.04. The summed E-state index contributed by atoms with van der Waals surface area (Å²) in [5, 5.41) is 20.6. The highest BCUT2D eigenvalue weighted by Gasteiger charge is 2.36. The molecule has 0 atom stereocenters. The standard InChI is InChI=1S/C26H36N4O5/c1-4-17-27-22(32)11-14-26(15-12-23(33)28-18-5-2,16-13-24(34)29-19-6-3)30-25(35)20-7-9-21(31)10-8-20/h1-3,20-21,31H,7-19H2,(H,27,32)(H,28,33)(H,29,34)(H,30,35)/t20-,21-. The zero-order valence-corrected chi connectivity index (χ0v) is 20.2. The second-order valence-electron chi connectivity index (χ2n) is 8.72. The molecule has 190 valence electrons. The number of carbonyl (C=O) groups is 4. The van der Waals surface area contributed by atoms with Crippen LogP contribution in [0.15, 0.2) is 0 Å². The summed E-state index contributed by atoms with van der Waals surface area (Å²) in [6.45, 7) is 0.225. The lowest BCUT2D eigenvalue weighted by Gasteiger charge is -2.37. The summed E-state index contributed by atoms with van der Waals surface area (Å²) in [7, 11) is 0. The van der Waals surface area contributed by atoms with Crippen molar-refractivity contribution in [2.75, 3.05) is 19.6 Å². The van der Waals surface area contributed by atoms with Gasteiger partial charge in [0, 0.05) is 30.7 Å². The minimum atomic E-state index is -0.998. The van der Waals surface area contributed by atoms with Crippen molar-refractivity contribution in [3.05, 3.63) is 0 Å². The third kappa shape index (κ3) is 12.0. The van der Waals surface area contributed by atoms with Gasteiger partial charge >= 0.3 is 0 Å². The summed E-state index contributed by atoms with van der Waals surface area (Å²) in [4.78, 5) is 50.0. The molecule has 35 heavy (non-hydrogen) atoms.